The Balaban J connectivity index is 1.50. The molecule has 0 aromatic carbocycles. The second-order valence-electron chi connectivity index (χ2n) is 12.8. The average Bonchev–Trinajstić information content (AvgIpc) is 3.00. The lowest BCUT2D eigenvalue weighted by Gasteiger charge is -2.62. The Morgan fingerprint density at radius 2 is 1.52 bits per heavy atom. The smallest absolute Gasteiger partial charge is 0.0577 e. The summed E-state index contributed by atoms with van der Waals surface area (Å²) in [7, 11) is 0. The van der Waals surface area contributed by atoms with E-state index >= 15 is 0 Å². The zero-order valence-corrected chi connectivity index (χ0v) is 19.9. The molecule has 0 aromatic heterocycles. The lowest BCUT2D eigenvalue weighted by Crippen LogP contribution is -2.58. The van der Waals surface area contributed by atoms with Crippen molar-refractivity contribution in [3.63, 3.8) is 0 Å². The topological polar surface area (TPSA) is 40.5 Å². The molecule has 10 atom stereocenters. The van der Waals surface area contributed by atoms with E-state index in [9.17, 15) is 10.2 Å². The average molecular weight is 405 g/mol. The lowest BCUT2D eigenvalue weighted by atomic mass is 9.43. The minimum absolute atomic E-state index is 0.131. The monoisotopic (exact) mass is 404 g/mol. The fourth-order valence-corrected chi connectivity index (χ4v) is 9.22. The summed E-state index contributed by atoms with van der Waals surface area (Å²) in [4.78, 5) is 0. The first-order valence-corrected chi connectivity index (χ1v) is 13.0. The maximum Gasteiger partial charge on any atom is 0.0577 e. The first-order chi connectivity index (χ1) is 13.7. The van der Waals surface area contributed by atoms with E-state index in [1.807, 2.05) is 0 Å². The van der Waals surface area contributed by atoms with Gasteiger partial charge in [-0.25, -0.2) is 0 Å². The molecule has 2 heteroatoms. The van der Waals surface area contributed by atoms with E-state index in [1.165, 1.54) is 51.4 Å². The first-order valence-electron chi connectivity index (χ1n) is 13.0. The van der Waals surface area contributed by atoms with Crippen LogP contribution >= 0.6 is 0 Å². The van der Waals surface area contributed by atoms with Crippen LogP contribution in [-0.2, 0) is 0 Å². The Kier molecular flexibility index (Phi) is 6.19. The van der Waals surface area contributed by atoms with Gasteiger partial charge in [0.05, 0.1) is 12.2 Å². The fourth-order valence-electron chi connectivity index (χ4n) is 9.22. The lowest BCUT2D eigenvalue weighted by molar-refractivity contribution is -0.174. The maximum absolute atomic E-state index is 11.4. The van der Waals surface area contributed by atoms with Gasteiger partial charge in [0.2, 0.25) is 0 Å². The molecule has 0 bridgehead atoms. The van der Waals surface area contributed by atoms with Gasteiger partial charge in [-0.1, -0.05) is 53.9 Å². The molecule has 4 aliphatic rings. The molecule has 29 heavy (non-hydrogen) atoms. The number of fused-ring (bicyclic) bond motifs is 5. The molecule has 0 saturated heterocycles. The van der Waals surface area contributed by atoms with Crippen LogP contribution in [0.5, 0.6) is 0 Å². The summed E-state index contributed by atoms with van der Waals surface area (Å²) in [6.07, 6.45) is 13.3. The van der Waals surface area contributed by atoms with Crippen molar-refractivity contribution < 1.29 is 10.2 Å². The molecule has 0 aromatic rings. The van der Waals surface area contributed by atoms with Crippen LogP contribution in [0, 0.1) is 52.3 Å². The third kappa shape index (κ3) is 3.73. The van der Waals surface area contributed by atoms with Crippen LogP contribution in [0.2, 0.25) is 0 Å². The molecule has 4 rings (SSSR count). The van der Waals surface area contributed by atoms with Crippen LogP contribution < -0.4 is 0 Å². The Morgan fingerprint density at radius 1 is 0.828 bits per heavy atom. The minimum atomic E-state index is -0.136. The zero-order valence-electron chi connectivity index (χ0n) is 19.9. The van der Waals surface area contributed by atoms with Crippen molar-refractivity contribution in [3.05, 3.63) is 0 Å². The summed E-state index contributed by atoms with van der Waals surface area (Å²) in [5.41, 5.74) is 0.794. The van der Waals surface area contributed by atoms with E-state index in [4.69, 9.17) is 0 Å². The van der Waals surface area contributed by atoms with Crippen molar-refractivity contribution >= 4 is 0 Å². The van der Waals surface area contributed by atoms with Gasteiger partial charge in [-0.05, 0) is 104 Å². The van der Waals surface area contributed by atoms with Crippen molar-refractivity contribution in [1.82, 2.24) is 0 Å². The molecule has 0 radical (unpaired) electrons. The summed E-state index contributed by atoms with van der Waals surface area (Å²) in [5, 5.41) is 21.6. The van der Waals surface area contributed by atoms with Gasteiger partial charge in [0.15, 0.2) is 0 Å². The van der Waals surface area contributed by atoms with Gasteiger partial charge in [-0.15, -0.1) is 0 Å². The molecular formula is C27H48O2. The van der Waals surface area contributed by atoms with Gasteiger partial charge in [0.1, 0.15) is 0 Å². The molecule has 0 heterocycles. The molecule has 0 aliphatic heterocycles. The molecule has 4 aliphatic carbocycles. The highest BCUT2D eigenvalue weighted by Gasteiger charge is 2.62. The van der Waals surface area contributed by atoms with Crippen LogP contribution in [0.25, 0.3) is 0 Å². The van der Waals surface area contributed by atoms with Crippen molar-refractivity contribution in [1.29, 1.82) is 0 Å². The molecular weight excluding hydrogens is 356 g/mol. The van der Waals surface area contributed by atoms with Crippen molar-refractivity contribution in [2.24, 2.45) is 52.3 Å². The Labute approximate surface area is 180 Å². The number of aliphatic hydroxyl groups is 2. The highest BCUT2D eigenvalue weighted by molar-refractivity contribution is 5.11. The summed E-state index contributed by atoms with van der Waals surface area (Å²) >= 11 is 0. The highest BCUT2D eigenvalue weighted by atomic mass is 16.3. The Morgan fingerprint density at radius 3 is 2.24 bits per heavy atom. The molecule has 0 spiro atoms. The van der Waals surface area contributed by atoms with Crippen LogP contribution in [-0.4, -0.2) is 22.4 Å². The van der Waals surface area contributed by atoms with E-state index in [2.05, 4.69) is 34.6 Å². The van der Waals surface area contributed by atoms with Crippen LogP contribution in [0.3, 0.4) is 0 Å². The number of aliphatic hydroxyl groups excluding tert-OH is 2. The quantitative estimate of drug-likeness (QED) is 0.553. The predicted octanol–water partition coefficient (Wildman–Crippen LogP) is 6.44. The molecule has 168 valence electrons. The molecule has 4 saturated carbocycles. The Bertz CT molecular complexity index is 573. The van der Waals surface area contributed by atoms with Gasteiger partial charge in [-0.2, -0.15) is 0 Å². The van der Waals surface area contributed by atoms with E-state index in [1.54, 1.807) is 0 Å². The largest absolute Gasteiger partial charge is 0.393 e. The predicted molar refractivity (Wildman–Crippen MR) is 120 cm³/mol. The van der Waals surface area contributed by atoms with Gasteiger partial charge in [0.25, 0.3) is 0 Å². The van der Waals surface area contributed by atoms with Gasteiger partial charge in [-0.3, -0.25) is 0 Å². The van der Waals surface area contributed by atoms with Gasteiger partial charge in [0, 0.05) is 0 Å². The third-order valence-electron chi connectivity index (χ3n) is 10.9. The molecule has 2 nitrogen and oxygen atoms in total. The SMILES string of the molecule is CC(C)CCC[C@@H](C)[C@H]1CCC2C3C(O)C[C@H]4C[C@@H](O)CC[C@]4(C)C3CC[C@@]21C. The molecule has 0 amide bonds. The van der Waals surface area contributed by atoms with E-state index < -0.39 is 0 Å². The van der Waals surface area contributed by atoms with Gasteiger partial charge < -0.3 is 10.2 Å². The first kappa shape index (κ1) is 22.1. The minimum Gasteiger partial charge on any atom is -0.393 e. The maximum atomic E-state index is 11.4. The zero-order chi connectivity index (χ0) is 21.0. The molecule has 4 fully saturated rings. The van der Waals surface area contributed by atoms with Crippen molar-refractivity contribution in [3.8, 4) is 0 Å². The highest BCUT2D eigenvalue weighted by Crippen LogP contribution is 2.68. The van der Waals surface area contributed by atoms with Crippen LogP contribution in [0.15, 0.2) is 0 Å². The van der Waals surface area contributed by atoms with E-state index in [0.29, 0.717) is 28.6 Å². The second kappa shape index (κ2) is 8.12. The number of rotatable bonds is 5. The summed E-state index contributed by atoms with van der Waals surface area (Å²) < 4.78 is 0. The summed E-state index contributed by atoms with van der Waals surface area (Å²) in [6.45, 7) is 12.4. The molecule has 4 unspecified atom stereocenters. The summed E-state index contributed by atoms with van der Waals surface area (Å²) in [5.74, 6) is 4.94. The van der Waals surface area contributed by atoms with E-state index in [0.717, 1.165) is 42.9 Å². The van der Waals surface area contributed by atoms with Crippen molar-refractivity contribution in [2.45, 2.75) is 117 Å². The number of hydrogen-bond acceptors (Lipinski definition) is 2. The Hall–Kier alpha value is -0.0800. The standard InChI is InChI=1S/C27H48O2/c1-17(2)7-6-8-18(3)21-9-10-22-25-23(12-14-27(21,22)5)26(4)13-11-20(28)15-19(26)16-24(25)29/h17-25,28-29H,6-16H2,1-5H3/t18-,19-,20+,21-,22?,23?,24?,25?,26+,27-/m1/s1. The number of hydrogen-bond donors (Lipinski definition) is 2. The third-order valence-corrected chi connectivity index (χ3v) is 10.9. The van der Waals surface area contributed by atoms with Crippen LogP contribution in [0.4, 0.5) is 0 Å². The molecule has 2 N–H and O–H groups in total. The van der Waals surface area contributed by atoms with Crippen molar-refractivity contribution in [2.75, 3.05) is 0 Å². The normalized spacial score (nSPS) is 50.7. The fraction of sp³-hybridized carbons (Fsp3) is 1.00. The van der Waals surface area contributed by atoms with E-state index in [-0.39, 0.29) is 12.2 Å². The van der Waals surface area contributed by atoms with Gasteiger partial charge >= 0.3 is 0 Å². The van der Waals surface area contributed by atoms with Crippen LogP contribution in [0.1, 0.15) is 105 Å². The summed E-state index contributed by atoms with van der Waals surface area (Å²) in [6, 6.07) is 0. The second-order valence-corrected chi connectivity index (χ2v) is 12.8.